The first-order valence-electron chi connectivity index (χ1n) is 23.6. The second-order valence-corrected chi connectivity index (χ2v) is 17.0. The molecule has 0 bridgehead atoms. The van der Waals surface area contributed by atoms with E-state index in [1.165, 1.54) is 103 Å². The molecule has 9 heteroatoms. The van der Waals surface area contributed by atoms with Gasteiger partial charge < -0.3 is 33.3 Å². The van der Waals surface area contributed by atoms with Crippen molar-refractivity contribution in [3.63, 3.8) is 0 Å². The number of carbonyl (C=O) groups is 3. The van der Waals surface area contributed by atoms with Crippen LogP contribution in [0.1, 0.15) is 200 Å². The number of quaternary nitrogens is 1. The topological polar surface area (TPSA) is 111 Å². The summed E-state index contributed by atoms with van der Waals surface area (Å²) >= 11 is 0. The van der Waals surface area contributed by atoms with Crippen LogP contribution in [0.4, 0.5) is 0 Å². The lowest BCUT2D eigenvalue weighted by Gasteiger charge is -2.26. The summed E-state index contributed by atoms with van der Waals surface area (Å²) in [5.41, 5.74) is 0. The Kier molecular flexibility index (Phi) is 39.5. The third-order valence-corrected chi connectivity index (χ3v) is 10.2. The van der Waals surface area contributed by atoms with Gasteiger partial charge in [0.2, 0.25) is 0 Å². The van der Waals surface area contributed by atoms with Gasteiger partial charge in [-0.05, 0) is 44.9 Å². The molecule has 2 unspecified atom stereocenters. The van der Waals surface area contributed by atoms with Gasteiger partial charge in [0.1, 0.15) is 13.2 Å². The van der Waals surface area contributed by atoms with E-state index in [1.807, 2.05) is 21.1 Å². The number of nitrogens with zero attached hydrogens (tertiary/aromatic N) is 1. The maximum absolute atomic E-state index is 12.8. The minimum absolute atomic E-state index is 0.146. The second kappa shape index (κ2) is 41.3. The minimum Gasteiger partial charge on any atom is -0.545 e. The maximum atomic E-state index is 12.8. The molecule has 2 atom stereocenters. The normalized spacial score (nSPS) is 13.2. The number of rotatable bonds is 43. The van der Waals surface area contributed by atoms with Crippen molar-refractivity contribution in [3.8, 4) is 0 Å². The number of carboxylic acids is 1. The molecule has 0 rings (SSSR count). The van der Waals surface area contributed by atoms with Crippen LogP contribution in [0, 0.1) is 0 Å². The van der Waals surface area contributed by atoms with Crippen molar-refractivity contribution in [1.29, 1.82) is 0 Å². The molecule has 0 radical (unpaired) electrons. The average Bonchev–Trinajstić information content (AvgIpc) is 3.18. The minimum atomic E-state index is -1.62. The predicted molar refractivity (Wildman–Crippen MR) is 237 cm³/mol. The predicted octanol–water partition coefficient (Wildman–Crippen LogP) is 11.3. The van der Waals surface area contributed by atoms with Gasteiger partial charge >= 0.3 is 11.9 Å². The Morgan fingerprint density at radius 3 is 1.47 bits per heavy atom. The van der Waals surface area contributed by atoms with Crippen molar-refractivity contribution >= 4 is 17.9 Å². The van der Waals surface area contributed by atoms with Gasteiger partial charge in [-0.1, -0.05) is 179 Å². The van der Waals surface area contributed by atoms with E-state index in [4.69, 9.17) is 18.9 Å². The summed E-state index contributed by atoms with van der Waals surface area (Å²) in [6.07, 6.45) is 43.1. The molecule has 0 aliphatic heterocycles. The molecule has 0 heterocycles. The molecular formula is C49H89NO8. The van der Waals surface area contributed by atoms with E-state index in [1.54, 1.807) is 0 Å². The summed E-state index contributed by atoms with van der Waals surface area (Å²) in [6, 6.07) is 0. The molecule has 0 saturated heterocycles. The summed E-state index contributed by atoms with van der Waals surface area (Å²) in [7, 11) is 5.91. The van der Waals surface area contributed by atoms with E-state index < -0.39 is 24.3 Å². The first kappa shape index (κ1) is 55.5. The molecule has 0 aliphatic carbocycles. The zero-order valence-electron chi connectivity index (χ0n) is 38.2. The molecule has 0 aromatic carbocycles. The van der Waals surface area contributed by atoms with E-state index >= 15 is 0 Å². The number of esters is 2. The zero-order valence-corrected chi connectivity index (χ0v) is 38.2. The van der Waals surface area contributed by atoms with E-state index in [-0.39, 0.29) is 32.2 Å². The van der Waals surface area contributed by atoms with Gasteiger partial charge in [0.15, 0.2) is 12.4 Å². The number of likely N-dealkylation sites (N-methyl/N-ethyl adjacent to an activating group) is 1. The largest absolute Gasteiger partial charge is 0.545 e. The van der Waals surface area contributed by atoms with E-state index in [0.717, 1.165) is 64.2 Å². The molecule has 0 aliphatic rings. The molecule has 58 heavy (non-hydrogen) atoms. The highest BCUT2D eigenvalue weighted by Crippen LogP contribution is 2.15. The van der Waals surface area contributed by atoms with Crippen LogP contribution in [-0.2, 0) is 33.3 Å². The zero-order chi connectivity index (χ0) is 42.8. The molecule has 0 N–H and O–H groups in total. The van der Waals surface area contributed by atoms with Gasteiger partial charge in [-0.2, -0.15) is 0 Å². The Balaban J connectivity index is 4.40. The van der Waals surface area contributed by atoms with Crippen molar-refractivity contribution in [2.75, 3.05) is 47.5 Å². The number of carboxylic acid groups (broad SMARTS) is 1. The van der Waals surface area contributed by atoms with Crippen molar-refractivity contribution in [3.05, 3.63) is 36.5 Å². The lowest BCUT2D eigenvalue weighted by molar-refractivity contribution is -0.870. The van der Waals surface area contributed by atoms with Crippen molar-refractivity contribution in [2.24, 2.45) is 0 Å². The van der Waals surface area contributed by atoms with Gasteiger partial charge in [0, 0.05) is 12.8 Å². The molecular weight excluding hydrogens is 731 g/mol. The fourth-order valence-electron chi connectivity index (χ4n) is 6.49. The highest BCUT2D eigenvalue weighted by Gasteiger charge is 2.21. The van der Waals surface area contributed by atoms with E-state index in [0.29, 0.717) is 23.9 Å². The van der Waals surface area contributed by atoms with Gasteiger partial charge in [0.05, 0.1) is 40.3 Å². The summed E-state index contributed by atoms with van der Waals surface area (Å²) < 4.78 is 22.6. The molecule has 0 fully saturated rings. The Morgan fingerprint density at radius 1 is 0.534 bits per heavy atom. The van der Waals surface area contributed by atoms with Crippen LogP contribution in [0.2, 0.25) is 0 Å². The maximum Gasteiger partial charge on any atom is 0.306 e. The molecule has 0 saturated carbocycles. The Hall–Kier alpha value is -2.49. The summed E-state index contributed by atoms with van der Waals surface area (Å²) in [5, 5.41) is 11.7. The standard InChI is InChI=1S/C49H89NO8/c1-6-8-10-12-14-16-18-20-22-24-26-28-30-32-34-36-38-40-47(52)58-45(44-57-49(48(53)54)55-42-41-50(3,4)5)43-56-46(51)39-37-35-33-31-29-27-25-23-21-19-17-15-13-11-9-7-2/h8,10,14,16,20,22,45,49H,6-7,9,11-13,15,17-19,21,23-44H2,1-5H3/b10-8-,16-14-,22-20-. The molecule has 0 spiro atoms. The molecule has 0 amide bonds. The number of unbranched alkanes of at least 4 members (excludes halogenated alkanes) is 22. The van der Waals surface area contributed by atoms with E-state index in [2.05, 4.69) is 50.3 Å². The molecule has 338 valence electrons. The Bertz CT molecular complexity index is 1050. The number of allylic oxidation sites excluding steroid dienone is 6. The smallest absolute Gasteiger partial charge is 0.306 e. The first-order valence-corrected chi connectivity index (χ1v) is 23.6. The summed E-state index contributed by atoms with van der Waals surface area (Å²) in [4.78, 5) is 37.0. The van der Waals surface area contributed by atoms with Gasteiger partial charge in [0.25, 0.3) is 0 Å². The average molecular weight is 820 g/mol. The molecule has 0 aromatic heterocycles. The number of ether oxygens (including phenoxy) is 4. The van der Waals surface area contributed by atoms with Crippen LogP contribution < -0.4 is 5.11 Å². The summed E-state index contributed by atoms with van der Waals surface area (Å²) in [6.45, 7) is 4.63. The third kappa shape index (κ3) is 41.7. The highest BCUT2D eigenvalue weighted by atomic mass is 16.7. The Morgan fingerprint density at radius 2 is 0.983 bits per heavy atom. The van der Waals surface area contributed by atoms with Crippen LogP contribution in [0.25, 0.3) is 0 Å². The van der Waals surface area contributed by atoms with Crippen LogP contribution in [0.5, 0.6) is 0 Å². The van der Waals surface area contributed by atoms with Crippen molar-refractivity contribution < 1.29 is 42.9 Å². The lowest BCUT2D eigenvalue weighted by Crippen LogP contribution is -2.44. The number of hydrogen-bond acceptors (Lipinski definition) is 8. The van der Waals surface area contributed by atoms with Crippen LogP contribution >= 0.6 is 0 Å². The van der Waals surface area contributed by atoms with E-state index in [9.17, 15) is 19.5 Å². The SMILES string of the molecule is CC/C=C\C/C=C\C/C=C\CCCCCCCCCC(=O)OC(COC(=O)CCCCCCCCCCCCCCCCCC)COC(OCC[N+](C)(C)C)C(=O)[O-]. The monoisotopic (exact) mass is 820 g/mol. The molecule has 0 aromatic rings. The second-order valence-electron chi connectivity index (χ2n) is 17.0. The van der Waals surface area contributed by atoms with Gasteiger partial charge in [-0.25, -0.2) is 0 Å². The van der Waals surface area contributed by atoms with Crippen LogP contribution in [-0.4, -0.2) is 82.3 Å². The van der Waals surface area contributed by atoms with Crippen molar-refractivity contribution in [1.82, 2.24) is 0 Å². The Labute approximate surface area is 356 Å². The van der Waals surface area contributed by atoms with Gasteiger partial charge in [-0.3, -0.25) is 9.59 Å². The first-order chi connectivity index (χ1) is 28.1. The lowest BCUT2D eigenvalue weighted by atomic mass is 10.0. The van der Waals surface area contributed by atoms with Crippen LogP contribution in [0.3, 0.4) is 0 Å². The number of carbonyl (C=O) groups excluding carboxylic acids is 3. The fraction of sp³-hybridized carbons (Fsp3) is 0.816. The number of hydrogen-bond donors (Lipinski definition) is 0. The number of aliphatic carboxylic acids is 1. The third-order valence-electron chi connectivity index (χ3n) is 10.2. The van der Waals surface area contributed by atoms with Gasteiger partial charge in [-0.15, -0.1) is 0 Å². The quantitative estimate of drug-likeness (QED) is 0.0197. The van der Waals surface area contributed by atoms with Crippen molar-refractivity contribution in [2.45, 2.75) is 212 Å². The highest BCUT2D eigenvalue weighted by molar-refractivity contribution is 5.70. The van der Waals surface area contributed by atoms with Crippen LogP contribution in [0.15, 0.2) is 36.5 Å². The molecule has 9 nitrogen and oxygen atoms in total. The summed E-state index contributed by atoms with van der Waals surface area (Å²) in [5.74, 6) is -2.29. The fourth-order valence-corrected chi connectivity index (χ4v) is 6.49.